The largest absolute Gasteiger partial charge is 0.516 e. The predicted octanol–water partition coefficient (Wildman–Crippen LogP) is 1.49. The second-order valence-electron chi connectivity index (χ2n) is 1.94. The summed E-state index contributed by atoms with van der Waals surface area (Å²) in [6, 6.07) is 0. The average molecular weight is 155 g/mol. The van der Waals surface area contributed by atoms with Crippen LogP contribution in [0, 0.1) is 0 Å². The molecule has 11 heavy (non-hydrogen) atoms. The van der Waals surface area contributed by atoms with E-state index >= 15 is 0 Å². The molecule has 0 atom stereocenters. The van der Waals surface area contributed by atoms with Crippen molar-refractivity contribution < 1.29 is 9.90 Å². The highest BCUT2D eigenvalue weighted by molar-refractivity contribution is 5.76. The molecule has 0 fully saturated rings. The molecule has 0 spiro atoms. The Balaban J connectivity index is 3.36. The number of aliphatic hydroxyl groups excluding tert-OH is 1. The SMILES string of the molecule is CCC(=O)N/C=C\C/C=C/O. The summed E-state index contributed by atoms with van der Waals surface area (Å²) in [4.78, 5) is 10.6. The van der Waals surface area contributed by atoms with Crippen molar-refractivity contribution in [1.82, 2.24) is 5.32 Å². The second-order valence-corrected chi connectivity index (χ2v) is 1.94. The molecule has 0 radical (unpaired) electrons. The van der Waals surface area contributed by atoms with E-state index in [9.17, 15) is 4.79 Å². The van der Waals surface area contributed by atoms with Crippen molar-refractivity contribution in [3.63, 3.8) is 0 Å². The third-order valence-electron chi connectivity index (χ3n) is 1.06. The van der Waals surface area contributed by atoms with E-state index in [2.05, 4.69) is 5.32 Å². The highest BCUT2D eigenvalue weighted by Gasteiger charge is 1.88. The molecule has 3 heteroatoms. The molecular formula is C8H13NO2. The summed E-state index contributed by atoms with van der Waals surface area (Å²) in [5, 5.41) is 10.8. The normalized spacial score (nSPS) is 11.0. The monoisotopic (exact) mass is 155 g/mol. The van der Waals surface area contributed by atoms with Gasteiger partial charge in [0.05, 0.1) is 6.26 Å². The molecule has 0 heterocycles. The zero-order chi connectivity index (χ0) is 8.53. The topological polar surface area (TPSA) is 49.3 Å². The Morgan fingerprint density at radius 3 is 2.82 bits per heavy atom. The summed E-state index contributed by atoms with van der Waals surface area (Å²) in [6.45, 7) is 1.79. The first-order chi connectivity index (χ1) is 5.31. The number of hydrogen-bond donors (Lipinski definition) is 2. The second kappa shape index (κ2) is 6.86. The molecule has 0 aliphatic carbocycles. The van der Waals surface area contributed by atoms with Gasteiger partial charge in [-0.3, -0.25) is 4.79 Å². The van der Waals surface area contributed by atoms with Crippen LogP contribution in [0.25, 0.3) is 0 Å². The van der Waals surface area contributed by atoms with Gasteiger partial charge < -0.3 is 10.4 Å². The fourth-order valence-corrected chi connectivity index (χ4v) is 0.461. The number of nitrogens with one attached hydrogen (secondary N) is 1. The lowest BCUT2D eigenvalue weighted by Crippen LogP contribution is -2.14. The van der Waals surface area contributed by atoms with E-state index in [0.29, 0.717) is 12.8 Å². The number of carbonyl (C=O) groups excluding carboxylic acids is 1. The van der Waals surface area contributed by atoms with Crippen LogP contribution in [0.15, 0.2) is 24.6 Å². The molecule has 0 aliphatic rings. The van der Waals surface area contributed by atoms with Gasteiger partial charge in [0.25, 0.3) is 0 Å². The van der Waals surface area contributed by atoms with Crippen molar-refractivity contribution in [2.75, 3.05) is 0 Å². The molecular weight excluding hydrogens is 142 g/mol. The highest BCUT2D eigenvalue weighted by atomic mass is 16.2. The lowest BCUT2D eigenvalue weighted by atomic mass is 10.4. The third kappa shape index (κ3) is 6.64. The van der Waals surface area contributed by atoms with E-state index in [0.717, 1.165) is 6.26 Å². The molecule has 0 saturated heterocycles. The van der Waals surface area contributed by atoms with Crippen molar-refractivity contribution >= 4 is 5.91 Å². The first kappa shape index (κ1) is 9.75. The number of rotatable bonds is 4. The summed E-state index contributed by atoms with van der Waals surface area (Å²) in [7, 11) is 0. The third-order valence-corrected chi connectivity index (χ3v) is 1.06. The Hall–Kier alpha value is -1.25. The van der Waals surface area contributed by atoms with Crippen LogP contribution in [0.2, 0.25) is 0 Å². The van der Waals surface area contributed by atoms with Gasteiger partial charge in [-0.15, -0.1) is 0 Å². The number of carbonyl (C=O) groups is 1. The van der Waals surface area contributed by atoms with Gasteiger partial charge in [-0.05, 0) is 12.5 Å². The van der Waals surface area contributed by atoms with Crippen LogP contribution >= 0.6 is 0 Å². The van der Waals surface area contributed by atoms with E-state index in [-0.39, 0.29) is 5.91 Å². The molecule has 0 aromatic carbocycles. The van der Waals surface area contributed by atoms with E-state index in [1.54, 1.807) is 25.3 Å². The van der Waals surface area contributed by atoms with Crippen LogP contribution in [0.4, 0.5) is 0 Å². The Kier molecular flexibility index (Phi) is 6.08. The van der Waals surface area contributed by atoms with E-state index in [4.69, 9.17) is 5.11 Å². The first-order valence-electron chi connectivity index (χ1n) is 3.54. The molecule has 0 aromatic rings. The minimum Gasteiger partial charge on any atom is -0.516 e. The average Bonchev–Trinajstić information content (AvgIpc) is 2.04. The number of amides is 1. The van der Waals surface area contributed by atoms with Gasteiger partial charge in [-0.2, -0.15) is 0 Å². The van der Waals surface area contributed by atoms with Crippen molar-refractivity contribution in [1.29, 1.82) is 0 Å². The van der Waals surface area contributed by atoms with Crippen LogP contribution in [-0.4, -0.2) is 11.0 Å². The smallest absolute Gasteiger partial charge is 0.223 e. The molecule has 0 bridgehead atoms. The fourth-order valence-electron chi connectivity index (χ4n) is 0.461. The molecule has 0 aromatic heterocycles. The number of allylic oxidation sites excluding steroid dienone is 2. The Bertz CT molecular complexity index is 161. The van der Waals surface area contributed by atoms with E-state index < -0.39 is 0 Å². The lowest BCUT2D eigenvalue weighted by Gasteiger charge is -1.92. The van der Waals surface area contributed by atoms with Gasteiger partial charge in [-0.1, -0.05) is 13.0 Å². The zero-order valence-electron chi connectivity index (χ0n) is 6.58. The molecule has 1 amide bonds. The van der Waals surface area contributed by atoms with Crippen LogP contribution in [0.3, 0.4) is 0 Å². The Morgan fingerprint density at radius 2 is 2.27 bits per heavy atom. The highest BCUT2D eigenvalue weighted by Crippen LogP contribution is 1.83. The van der Waals surface area contributed by atoms with Gasteiger partial charge >= 0.3 is 0 Å². The van der Waals surface area contributed by atoms with Crippen molar-refractivity contribution in [3.05, 3.63) is 24.6 Å². The van der Waals surface area contributed by atoms with Gasteiger partial charge in [0.15, 0.2) is 0 Å². The minimum absolute atomic E-state index is 0.00534. The maximum atomic E-state index is 10.6. The summed E-state index contributed by atoms with van der Waals surface area (Å²) in [6.07, 6.45) is 6.99. The van der Waals surface area contributed by atoms with Crippen LogP contribution < -0.4 is 5.32 Å². The molecule has 62 valence electrons. The molecule has 0 unspecified atom stereocenters. The quantitative estimate of drug-likeness (QED) is 0.604. The summed E-state index contributed by atoms with van der Waals surface area (Å²) < 4.78 is 0. The zero-order valence-corrected chi connectivity index (χ0v) is 6.58. The van der Waals surface area contributed by atoms with Crippen LogP contribution in [0.1, 0.15) is 19.8 Å². The predicted molar refractivity (Wildman–Crippen MR) is 44.0 cm³/mol. The van der Waals surface area contributed by atoms with Gasteiger partial charge in [0, 0.05) is 12.6 Å². The standard InChI is InChI=1S/C8H13NO2/c1-2-8(11)9-6-4-3-5-7-10/h4-7,10H,2-3H2,1H3,(H,9,11)/b6-4-,7-5+. The summed E-state index contributed by atoms with van der Waals surface area (Å²) >= 11 is 0. The van der Waals surface area contributed by atoms with Gasteiger partial charge in [-0.25, -0.2) is 0 Å². The van der Waals surface area contributed by atoms with Gasteiger partial charge in [0.2, 0.25) is 5.91 Å². The van der Waals surface area contributed by atoms with E-state index in [1.807, 2.05) is 0 Å². The maximum Gasteiger partial charge on any atom is 0.223 e. The number of aliphatic hydroxyl groups is 1. The van der Waals surface area contributed by atoms with Crippen LogP contribution in [-0.2, 0) is 4.79 Å². The fraction of sp³-hybridized carbons (Fsp3) is 0.375. The van der Waals surface area contributed by atoms with Crippen molar-refractivity contribution in [3.8, 4) is 0 Å². The first-order valence-corrected chi connectivity index (χ1v) is 3.54. The summed E-state index contributed by atoms with van der Waals surface area (Å²) in [5.41, 5.74) is 0. The molecule has 0 saturated carbocycles. The Morgan fingerprint density at radius 1 is 1.55 bits per heavy atom. The maximum absolute atomic E-state index is 10.6. The Labute approximate surface area is 66.4 Å². The summed E-state index contributed by atoms with van der Waals surface area (Å²) in [5.74, 6) is -0.00534. The molecule has 3 nitrogen and oxygen atoms in total. The molecule has 0 aliphatic heterocycles. The molecule has 2 N–H and O–H groups in total. The van der Waals surface area contributed by atoms with Gasteiger partial charge in [0.1, 0.15) is 0 Å². The number of hydrogen-bond acceptors (Lipinski definition) is 2. The minimum atomic E-state index is -0.00534. The molecule has 0 rings (SSSR count). The lowest BCUT2D eigenvalue weighted by molar-refractivity contribution is -0.119. The van der Waals surface area contributed by atoms with E-state index in [1.165, 1.54) is 0 Å². The van der Waals surface area contributed by atoms with Crippen molar-refractivity contribution in [2.45, 2.75) is 19.8 Å². The van der Waals surface area contributed by atoms with Crippen molar-refractivity contribution in [2.24, 2.45) is 0 Å². The van der Waals surface area contributed by atoms with Crippen LogP contribution in [0.5, 0.6) is 0 Å².